The highest BCUT2D eigenvalue weighted by molar-refractivity contribution is 6.33. The minimum absolute atomic E-state index is 0.0776. The van der Waals surface area contributed by atoms with Crippen molar-refractivity contribution in [2.24, 2.45) is 0 Å². The van der Waals surface area contributed by atoms with Gasteiger partial charge in [-0.1, -0.05) is 29.8 Å². The number of esters is 1. The van der Waals surface area contributed by atoms with Gasteiger partial charge in [0.2, 0.25) is 5.91 Å². The number of aryl methyl sites for hydroxylation is 2. The van der Waals surface area contributed by atoms with Gasteiger partial charge in [0.15, 0.2) is 6.61 Å². The monoisotopic (exact) mass is 480 g/mol. The highest BCUT2D eigenvalue weighted by atomic mass is 35.5. The van der Waals surface area contributed by atoms with Crippen LogP contribution in [-0.2, 0) is 19.1 Å². The summed E-state index contributed by atoms with van der Waals surface area (Å²) in [6.07, 6.45) is -0.231. The predicted molar refractivity (Wildman–Crippen MR) is 131 cm³/mol. The van der Waals surface area contributed by atoms with Crippen LogP contribution in [0.3, 0.4) is 0 Å². The molecule has 3 aromatic carbocycles. The van der Waals surface area contributed by atoms with E-state index in [9.17, 15) is 14.4 Å². The Bertz CT molecular complexity index is 1160. The first-order chi connectivity index (χ1) is 16.3. The van der Waals surface area contributed by atoms with Crippen molar-refractivity contribution in [1.29, 1.82) is 0 Å². The van der Waals surface area contributed by atoms with Crippen LogP contribution in [0.2, 0.25) is 5.02 Å². The van der Waals surface area contributed by atoms with Gasteiger partial charge in [-0.3, -0.25) is 14.4 Å². The summed E-state index contributed by atoms with van der Waals surface area (Å²) in [7, 11) is 0. The van der Waals surface area contributed by atoms with E-state index in [0.29, 0.717) is 22.1 Å². The molecular weight excluding hydrogens is 456 g/mol. The number of carbonyl (C=O) groups is 3. The molecule has 2 N–H and O–H groups in total. The third-order valence-corrected chi connectivity index (χ3v) is 4.97. The number of hydrogen-bond donors (Lipinski definition) is 2. The van der Waals surface area contributed by atoms with E-state index in [4.69, 9.17) is 21.1 Å². The van der Waals surface area contributed by atoms with Gasteiger partial charge in [0.05, 0.1) is 17.1 Å². The first-order valence-electron chi connectivity index (χ1n) is 10.6. The highest BCUT2D eigenvalue weighted by Gasteiger charge is 2.12. The number of anilines is 2. The zero-order chi connectivity index (χ0) is 24.5. The van der Waals surface area contributed by atoms with Gasteiger partial charge in [0, 0.05) is 12.1 Å². The van der Waals surface area contributed by atoms with Crippen molar-refractivity contribution in [2.45, 2.75) is 26.7 Å². The van der Waals surface area contributed by atoms with Gasteiger partial charge in [-0.25, -0.2) is 0 Å². The lowest BCUT2D eigenvalue weighted by Gasteiger charge is -2.10. The molecule has 3 rings (SSSR count). The molecule has 0 unspecified atom stereocenters. The van der Waals surface area contributed by atoms with Crippen molar-refractivity contribution >= 4 is 40.8 Å². The van der Waals surface area contributed by atoms with E-state index in [1.807, 2.05) is 26.0 Å². The van der Waals surface area contributed by atoms with E-state index in [2.05, 4.69) is 16.7 Å². The molecule has 0 fully saturated rings. The Hall–Kier alpha value is -3.84. The van der Waals surface area contributed by atoms with Gasteiger partial charge >= 0.3 is 5.97 Å². The molecular formula is C26H25ClN2O5. The molecule has 0 aliphatic rings. The van der Waals surface area contributed by atoms with Gasteiger partial charge in [0.25, 0.3) is 5.91 Å². The van der Waals surface area contributed by atoms with Gasteiger partial charge in [-0.05, 0) is 73.5 Å². The number of ether oxygens (including phenoxy) is 2. The second-order valence-electron chi connectivity index (χ2n) is 7.69. The Kier molecular flexibility index (Phi) is 8.65. The van der Waals surface area contributed by atoms with Crippen molar-refractivity contribution in [3.05, 3.63) is 82.9 Å². The van der Waals surface area contributed by atoms with Crippen LogP contribution in [-0.4, -0.2) is 24.4 Å². The van der Waals surface area contributed by atoms with E-state index in [1.165, 1.54) is 0 Å². The number of benzene rings is 3. The van der Waals surface area contributed by atoms with Crippen molar-refractivity contribution in [3.63, 3.8) is 0 Å². The molecule has 0 aliphatic heterocycles. The lowest BCUT2D eigenvalue weighted by atomic mass is 10.1. The lowest BCUT2D eigenvalue weighted by molar-refractivity contribution is -0.147. The summed E-state index contributed by atoms with van der Waals surface area (Å²) in [4.78, 5) is 35.9. The Morgan fingerprint density at radius 1 is 0.794 bits per heavy atom. The second kappa shape index (κ2) is 11.9. The molecule has 7 nitrogen and oxygen atoms in total. The Labute approximate surface area is 203 Å². The average Bonchev–Trinajstić information content (AvgIpc) is 2.78. The van der Waals surface area contributed by atoms with Crippen LogP contribution in [0.1, 0.15) is 24.0 Å². The maximum atomic E-state index is 12.1. The number of carbonyl (C=O) groups excluding carboxylic acids is 3. The molecule has 0 heterocycles. The van der Waals surface area contributed by atoms with Crippen LogP contribution < -0.4 is 15.4 Å². The second-order valence-corrected chi connectivity index (χ2v) is 8.09. The summed E-state index contributed by atoms with van der Waals surface area (Å²) >= 11 is 5.96. The first kappa shape index (κ1) is 24.8. The molecule has 8 heteroatoms. The normalized spacial score (nSPS) is 10.3. The van der Waals surface area contributed by atoms with E-state index >= 15 is 0 Å². The van der Waals surface area contributed by atoms with Crippen LogP contribution in [0.4, 0.5) is 11.4 Å². The SMILES string of the molecule is Cc1cc(C)cc(Oc2ccc(NC(=O)CCC(=O)OCC(=O)Nc3ccccc3Cl)cc2)c1. The Balaban J connectivity index is 1.39. The summed E-state index contributed by atoms with van der Waals surface area (Å²) in [6, 6.07) is 19.6. The molecule has 0 radical (unpaired) electrons. The minimum atomic E-state index is -0.651. The summed E-state index contributed by atoms with van der Waals surface area (Å²) < 4.78 is 10.8. The zero-order valence-corrected chi connectivity index (χ0v) is 19.6. The summed E-state index contributed by atoms with van der Waals surface area (Å²) in [6.45, 7) is 3.54. The molecule has 3 aromatic rings. The fourth-order valence-corrected chi connectivity index (χ4v) is 3.32. The van der Waals surface area contributed by atoms with E-state index in [0.717, 1.165) is 16.9 Å². The van der Waals surface area contributed by atoms with Crippen molar-refractivity contribution < 1.29 is 23.9 Å². The standard InChI is InChI=1S/C26H25ClN2O5/c1-17-13-18(2)15-21(14-17)34-20-9-7-19(8-10-20)28-24(30)11-12-26(32)33-16-25(31)29-23-6-4-3-5-22(23)27/h3-10,13-15H,11-12,16H2,1-2H3,(H,28,30)(H,29,31). The maximum absolute atomic E-state index is 12.1. The van der Waals surface area contributed by atoms with Crippen LogP contribution in [0.25, 0.3) is 0 Å². The third kappa shape index (κ3) is 7.94. The molecule has 0 bridgehead atoms. The van der Waals surface area contributed by atoms with Crippen molar-refractivity contribution in [1.82, 2.24) is 0 Å². The number of rotatable bonds is 9. The van der Waals surface area contributed by atoms with E-state index in [-0.39, 0.29) is 18.7 Å². The number of amides is 2. The van der Waals surface area contributed by atoms with Gasteiger partial charge in [-0.2, -0.15) is 0 Å². The maximum Gasteiger partial charge on any atom is 0.306 e. The van der Waals surface area contributed by atoms with Gasteiger partial charge in [0.1, 0.15) is 11.5 Å². The molecule has 0 aliphatic carbocycles. The first-order valence-corrected chi connectivity index (χ1v) is 11.0. The largest absolute Gasteiger partial charge is 0.457 e. The Morgan fingerprint density at radius 3 is 2.15 bits per heavy atom. The van der Waals surface area contributed by atoms with E-state index in [1.54, 1.807) is 48.5 Å². The molecule has 34 heavy (non-hydrogen) atoms. The fraction of sp³-hybridized carbons (Fsp3) is 0.192. The quantitative estimate of drug-likeness (QED) is 0.386. The number of para-hydroxylation sites is 1. The topological polar surface area (TPSA) is 93.7 Å². The van der Waals surface area contributed by atoms with Crippen LogP contribution >= 0.6 is 11.6 Å². The fourth-order valence-electron chi connectivity index (χ4n) is 3.14. The molecule has 0 spiro atoms. The Morgan fingerprint density at radius 2 is 1.47 bits per heavy atom. The molecule has 2 amide bonds. The van der Waals surface area contributed by atoms with Crippen LogP contribution in [0.5, 0.6) is 11.5 Å². The van der Waals surface area contributed by atoms with Crippen molar-refractivity contribution in [3.8, 4) is 11.5 Å². The summed E-state index contributed by atoms with van der Waals surface area (Å²) in [5, 5.41) is 5.64. The summed E-state index contributed by atoms with van der Waals surface area (Å²) in [5.41, 5.74) is 3.22. The van der Waals surface area contributed by atoms with Gasteiger partial charge in [-0.15, -0.1) is 0 Å². The highest BCUT2D eigenvalue weighted by Crippen LogP contribution is 2.25. The smallest absolute Gasteiger partial charge is 0.306 e. The van der Waals surface area contributed by atoms with Crippen LogP contribution in [0, 0.1) is 13.8 Å². The van der Waals surface area contributed by atoms with Crippen molar-refractivity contribution in [2.75, 3.05) is 17.2 Å². The number of nitrogens with one attached hydrogen (secondary N) is 2. The van der Waals surface area contributed by atoms with E-state index < -0.39 is 18.5 Å². The number of hydrogen-bond acceptors (Lipinski definition) is 5. The molecule has 0 saturated carbocycles. The third-order valence-electron chi connectivity index (χ3n) is 4.64. The van der Waals surface area contributed by atoms with Gasteiger partial charge < -0.3 is 20.1 Å². The minimum Gasteiger partial charge on any atom is -0.457 e. The molecule has 0 aromatic heterocycles. The lowest BCUT2D eigenvalue weighted by Crippen LogP contribution is -2.22. The zero-order valence-electron chi connectivity index (χ0n) is 18.9. The average molecular weight is 481 g/mol. The number of halogens is 1. The summed E-state index contributed by atoms with van der Waals surface area (Å²) in [5.74, 6) is -0.133. The predicted octanol–water partition coefficient (Wildman–Crippen LogP) is 5.65. The van der Waals surface area contributed by atoms with Crippen LogP contribution in [0.15, 0.2) is 66.7 Å². The molecule has 0 saturated heterocycles. The molecule has 0 atom stereocenters. The molecule has 176 valence electrons.